The number of amides is 1. The summed E-state index contributed by atoms with van der Waals surface area (Å²) < 4.78 is 43.8. The number of anilines is 1. The molecule has 2 aromatic rings. The molecule has 1 amide bonds. The molecule has 0 aliphatic carbocycles. The fraction of sp³-hybridized carbons (Fsp3) is 0.176. The standard InChI is InChI=1S/C17H17FN2O5S/c1-2-25-17(22)12-3-7-14(8-4-12)20-16(21)11-19-26(23,24)15-9-5-13(18)6-10-15/h3-10,19H,2,11H2,1H3,(H,20,21). The van der Waals surface area contributed by atoms with Crippen molar-refractivity contribution in [2.24, 2.45) is 0 Å². The maximum absolute atomic E-state index is 12.8. The summed E-state index contributed by atoms with van der Waals surface area (Å²) in [6.45, 7) is 1.45. The summed E-state index contributed by atoms with van der Waals surface area (Å²) >= 11 is 0. The zero-order chi connectivity index (χ0) is 19.2. The average Bonchev–Trinajstić information content (AvgIpc) is 2.61. The van der Waals surface area contributed by atoms with Crippen molar-refractivity contribution in [2.75, 3.05) is 18.5 Å². The van der Waals surface area contributed by atoms with Crippen LogP contribution in [-0.4, -0.2) is 33.4 Å². The van der Waals surface area contributed by atoms with Crippen LogP contribution in [0.15, 0.2) is 53.4 Å². The molecule has 9 heteroatoms. The molecule has 0 bridgehead atoms. The summed E-state index contributed by atoms with van der Waals surface area (Å²) in [5.74, 6) is -1.63. The third-order valence-corrected chi connectivity index (χ3v) is 4.64. The third-order valence-electron chi connectivity index (χ3n) is 3.23. The number of ether oxygens (including phenoxy) is 1. The lowest BCUT2D eigenvalue weighted by atomic mass is 10.2. The molecule has 7 nitrogen and oxygen atoms in total. The van der Waals surface area contributed by atoms with Crippen LogP contribution in [0.2, 0.25) is 0 Å². The molecule has 26 heavy (non-hydrogen) atoms. The van der Waals surface area contributed by atoms with Crippen LogP contribution >= 0.6 is 0 Å². The van der Waals surface area contributed by atoms with E-state index in [0.29, 0.717) is 11.3 Å². The lowest BCUT2D eigenvalue weighted by Gasteiger charge is -2.08. The van der Waals surface area contributed by atoms with Crippen molar-refractivity contribution in [3.05, 3.63) is 59.9 Å². The van der Waals surface area contributed by atoms with Crippen LogP contribution < -0.4 is 10.0 Å². The Morgan fingerprint density at radius 2 is 1.65 bits per heavy atom. The van der Waals surface area contributed by atoms with E-state index in [1.54, 1.807) is 6.92 Å². The van der Waals surface area contributed by atoms with E-state index in [2.05, 4.69) is 10.0 Å². The van der Waals surface area contributed by atoms with Crippen molar-refractivity contribution < 1.29 is 27.1 Å². The number of hydrogen-bond donors (Lipinski definition) is 2. The van der Waals surface area contributed by atoms with Crippen molar-refractivity contribution in [2.45, 2.75) is 11.8 Å². The molecule has 0 fully saturated rings. The van der Waals surface area contributed by atoms with E-state index in [-0.39, 0.29) is 11.5 Å². The van der Waals surface area contributed by atoms with Crippen molar-refractivity contribution in [3.8, 4) is 0 Å². The van der Waals surface area contributed by atoms with Crippen molar-refractivity contribution in [1.82, 2.24) is 4.72 Å². The van der Waals surface area contributed by atoms with E-state index in [1.165, 1.54) is 24.3 Å². The largest absolute Gasteiger partial charge is 0.462 e. The topological polar surface area (TPSA) is 102 Å². The van der Waals surface area contributed by atoms with Gasteiger partial charge in [-0.15, -0.1) is 0 Å². The molecule has 0 atom stereocenters. The summed E-state index contributed by atoms with van der Waals surface area (Å²) in [4.78, 5) is 23.3. The second-order valence-electron chi connectivity index (χ2n) is 5.12. The fourth-order valence-electron chi connectivity index (χ4n) is 1.97. The molecule has 0 radical (unpaired) electrons. The Hall–Kier alpha value is -2.78. The lowest BCUT2D eigenvalue weighted by Crippen LogP contribution is -2.32. The van der Waals surface area contributed by atoms with E-state index in [0.717, 1.165) is 24.3 Å². The summed E-state index contributed by atoms with van der Waals surface area (Å²) in [5, 5.41) is 2.50. The SMILES string of the molecule is CCOC(=O)c1ccc(NC(=O)CNS(=O)(=O)c2ccc(F)cc2)cc1. The second-order valence-corrected chi connectivity index (χ2v) is 6.89. The number of carbonyl (C=O) groups is 2. The molecule has 0 unspecified atom stereocenters. The van der Waals surface area contributed by atoms with E-state index in [4.69, 9.17) is 4.74 Å². The van der Waals surface area contributed by atoms with E-state index < -0.39 is 34.3 Å². The number of esters is 1. The predicted molar refractivity (Wildman–Crippen MR) is 92.6 cm³/mol. The molecule has 2 rings (SSSR count). The number of rotatable bonds is 7. The highest BCUT2D eigenvalue weighted by Crippen LogP contribution is 2.11. The van der Waals surface area contributed by atoms with Crippen LogP contribution in [0.1, 0.15) is 17.3 Å². The van der Waals surface area contributed by atoms with Gasteiger partial charge in [0, 0.05) is 5.69 Å². The smallest absolute Gasteiger partial charge is 0.338 e. The minimum absolute atomic E-state index is 0.148. The van der Waals surface area contributed by atoms with Crippen LogP contribution in [0.5, 0.6) is 0 Å². The fourth-order valence-corrected chi connectivity index (χ4v) is 2.95. The second kappa shape index (κ2) is 8.54. The number of nitrogens with one attached hydrogen (secondary N) is 2. The Kier molecular flexibility index (Phi) is 6.42. The first-order valence-corrected chi connectivity index (χ1v) is 9.12. The molecule has 0 aliphatic rings. The quantitative estimate of drug-likeness (QED) is 0.715. The first-order chi connectivity index (χ1) is 12.3. The summed E-state index contributed by atoms with van der Waals surface area (Å²) in [6.07, 6.45) is 0. The van der Waals surface area contributed by atoms with Gasteiger partial charge in [-0.3, -0.25) is 4.79 Å². The van der Waals surface area contributed by atoms with Crippen molar-refractivity contribution >= 4 is 27.6 Å². The van der Waals surface area contributed by atoms with Crippen molar-refractivity contribution in [1.29, 1.82) is 0 Å². The molecular formula is C17H17FN2O5S. The predicted octanol–water partition coefficient (Wildman–Crippen LogP) is 1.92. The summed E-state index contributed by atoms with van der Waals surface area (Å²) in [7, 11) is -3.93. The molecule has 0 heterocycles. The maximum atomic E-state index is 12.8. The zero-order valence-corrected chi connectivity index (χ0v) is 14.7. The highest BCUT2D eigenvalue weighted by Gasteiger charge is 2.15. The molecule has 0 spiro atoms. The summed E-state index contributed by atoms with van der Waals surface area (Å²) in [6, 6.07) is 10.2. The van der Waals surface area contributed by atoms with Gasteiger partial charge in [0.15, 0.2) is 0 Å². The minimum atomic E-state index is -3.93. The molecule has 2 aromatic carbocycles. The molecule has 0 aromatic heterocycles. The normalized spacial score (nSPS) is 11.0. The molecule has 2 N–H and O–H groups in total. The molecule has 0 saturated carbocycles. The van der Waals surface area contributed by atoms with Gasteiger partial charge < -0.3 is 10.1 Å². The van der Waals surface area contributed by atoms with E-state index in [9.17, 15) is 22.4 Å². The van der Waals surface area contributed by atoms with Gasteiger partial charge in [-0.25, -0.2) is 22.3 Å². The van der Waals surface area contributed by atoms with Crippen LogP contribution in [-0.2, 0) is 19.6 Å². The van der Waals surface area contributed by atoms with Gasteiger partial charge in [-0.05, 0) is 55.5 Å². The monoisotopic (exact) mass is 380 g/mol. The lowest BCUT2D eigenvalue weighted by molar-refractivity contribution is -0.115. The maximum Gasteiger partial charge on any atom is 0.338 e. The Labute approximate surface area is 150 Å². The molecule has 0 aliphatic heterocycles. The van der Waals surface area contributed by atoms with Gasteiger partial charge in [0.25, 0.3) is 0 Å². The highest BCUT2D eigenvalue weighted by atomic mass is 32.2. The number of sulfonamides is 1. The number of carbonyl (C=O) groups excluding carboxylic acids is 2. The van der Waals surface area contributed by atoms with Crippen molar-refractivity contribution in [3.63, 3.8) is 0 Å². The zero-order valence-electron chi connectivity index (χ0n) is 13.9. The van der Waals surface area contributed by atoms with Gasteiger partial charge in [-0.2, -0.15) is 0 Å². The van der Waals surface area contributed by atoms with Gasteiger partial charge in [0.05, 0.1) is 23.6 Å². The minimum Gasteiger partial charge on any atom is -0.462 e. The van der Waals surface area contributed by atoms with Crippen LogP contribution in [0.3, 0.4) is 0 Å². The number of hydrogen-bond acceptors (Lipinski definition) is 5. The number of halogens is 1. The number of benzene rings is 2. The molecular weight excluding hydrogens is 363 g/mol. The highest BCUT2D eigenvalue weighted by molar-refractivity contribution is 7.89. The Morgan fingerprint density at radius 3 is 2.23 bits per heavy atom. The van der Waals surface area contributed by atoms with Gasteiger partial charge in [0.2, 0.25) is 15.9 Å². The summed E-state index contributed by atoms with van der Waals surface area (Å²) in [5.41, 5.74) is 0.728. The first-order valence-electron chi connectivity index (χ1n) is 7.64. The average molecular weight is 380 g/mol. The van der Waals surface area contributed by atoms with E-state index in [1.807, 2.05) is 0 Å². The Bertz CT molecular complexity index is 880. The van der Waals surface area contributed by atoms with Crippen LogP contribution in [0.25, 0.3) is 0 Å². The first kappa shape index (κ1) is 19.5. The third kappa shape index (κ3) is 5.36. The van der Waals surface area contributed by atoms with Gasteiger partial charge in [0.1, 0.15) is 5.82 Å². The van der Waals surface area contributed by atoms with Gasteiger partial charge in [-0.1, -0.05) is 0 Å². The Balaban J connectivity index is 1.92. The van der Waals surface area contributed by atoms with Crippen LogP contribution in [0, 0.1) is 5.82 Å². The van der Waals surface area contributed by atoms with Gasteiger partial charge >= 0.3 is 5.97 Å². The molecule has 138 valence electrons. The Morgan fingerprint density at radius 1 is 1.04 bits per heavy atom. The van der Waals surface area contributed by atoms with Crippen LogP contribution in [0.4, 0.5) is 10.1 Å². The molecule has 0 saturated heterocycles. The van der Waals surface area contributed by atoms with E-state index >= 15 is 0 Å².